The van der Waals surface area contributed by atoms with E-state index in [9.17, 15) is 9.59 Å². The van der Waals surface area contributed by atoms with E-state index >= 15 is 0 Å². The maximum absolute atomic E-state index is 11.2. The molecule has 0 saturated carbocycles. The van der Waals surface area contributed by atoms with Crippen molar-refractivity contribution >= 4 is 11.9 Å². The van der Waals surface area contributed by atoms with E-state index in [1.807, 2.05) is 12.1 Å². The van der Waals surface area contributed by atoms with Crippen molar-refractivity contribution in [3.63, 3.8) is 0 Å². The van der Waals surface area contributed by atoms with E-state index in [2.05, 4.69) is 5.32 Å². The highest BCUT2D eigenvalue weighted by Crippen LogP contribution is 2.10. The van der Waals surface area contributed by atoms with Crippen molar-refractivity contribution in [2.45, 2.75) is 6.54 Å². The molecular formula is C12H13NO4. The third kappa shape index (κ3) is 4.83. The maximum atomic E-state index is 11.2. The molecule has 0 aliphatic rings. The van der Waals surface area contributed by atoms with Crippen molar-refractivity contribution in [1.29, 1.82) is 0 Å². The van der Waals surface area contributed by atoms with E-state index in [4.69, 9.17) is 9.84 Å². The fraction of sp³-hybridized carbons (Fsp3) is 0.167. The predicted octanol–water partition coefficient (Wildman–Crippen LogP) is 0.952. The molecule has 0 aromatic heterocycles. The molecule has 0 unspecified atom stereocenters. The minimum Gasteiger partial charge on any atom is -0.497 e. The summed E-state index contributed by atoms with van der Waals surface area (Å²) in [5, 5.41) is 10.9. The fourth-order valence-corrected chi connectivity index (χ4v) is 1.14. The number of methoxy groups -OCH3 is 1. The number of nitrogens with one attached hydrogen (secondary N) is 1. The van der Waals surface area contributed by atoms with Crippen LogP contribution in [0, 0.1) is 0 Å². The first-order chi connectivity index (χ1) is 8.11. The second kappa shape index (κ2) is 6.32. The van der Waals surface area contributed by atoms with E-state index in [1.54, 1.807) is 19.2 Å². The van der Waals surface area contributed by atoms with Crippen LogP contribution in [0.25, 0.3) is 0 Å². The van der Waals surface area contributed by atoms with Crippen LogP contribution in [-0.4, -0.2) is 24.1 Å². The van der Waals surface area contributed by atoms with Gasteiger partial charge in [0, 0.05) is 18.7 Å². The Hall–Kier alpha value is -2.30. The summed E-state index contributed by atoms with van der Waals surface area (Å²) in [4.78, 5) is 21.3. The zero-order chi connectivity index (χ0) is 12.7. The molecule has 0 fully saturated rings. The quantitative estimate of drug-likeness (QED) is 0.745. The Morgan fingerprint density at radius 3 is 2.47 bits per heavy atom. The van der Waals surface area contributed by atoms with Crippen molar-refractivity contribution in [2.75, 3.05) is 7.11 Å². The van der Waals surface area contributed by atoms with Crippen molar-refractivity contribution in [2.24, 2.45) is 0 Å². The lowest BCUT2D eigenvalue weighted by atomic mass is 10.2. The van der Waals surface area contributed by atoms with Gasteiger partial charge >= 0.3 is 5.97 Å². The lowest BCUT2D eigenvalue weighted by molar-refractivity contribution is -0.131. The Morgan fingerprint density at radius 2 is 1.94 bits per heavy atom. The molecule has 0 heterocycles. The van der Waals surface area contributed by atoms with Crippen LogP contribution < -0.4 is 10.1 Å². The van der Waals surface area contributed by atoms with Crippen LogP contribution in [0.4, 0.5) is 0 Å². The molecule has 0 bridgehead atoms. The molecule has 2 N–H and O–H groups in total. The van der Waals surface area contributed by atoms with Crippen molar-refractivity contribution in [1.82, 2.24) is 5.32 Å². The van der Waals surface area contributed by atoms with Gasteiger partial charge < -0.3 is 15.2 Å². The van der Waals surface area contributed by atoms with E-state index in [-0.39, 0.29) is 0 Å². The predicted molar refractivity (Wildman–Crippen MR) is 61.6 cm³/mol. The number of rotatable bonds is 5. The highest BCUT2D eigenvalue weighted by Gasteiger charge is 1.98. The van der Waals surface area contributed by atoms with Crippen LogP contribution >= 0.6 is 0 Å². The molecule has 0 saturated heterocycles. The third-order valence-corrected chi connectivity index (χ3v) is 2.00. The second-order valence-electron chi connectivity index (χ2n) is 3.24. The number of carboxylic acid groups (broad SMARTS) is 1. The van der Waals surface area contributed by atoms with Gasteiger partial charge in [0.15, 0.2) is 0 Å². The number of carboxylic acids is 1. The van der Waals surface area contributed by atoms with Crippen LogP contribution in [0.2, 0.25) is 0 Å². The van der Waals surface area contributed by atoms with Crippen LogP contribution in [0.5, 0.6) is 5.75 Å². The van der Waals surface area contributed by atoms with Gasteiger partial charge in [-0.2, -0.15) is 0 Å². The molecule has 0 aliphatic carbocycles. The van der Waals surface area contributed by atoms with Gasteiger partial charge in [-0.25, -0.2) is 4.79 Å². The minimum absolute atomic E-state index is 0.340. The second-order valence-corrected chi connectivity index (χ2v) is 3.24. The average Bonchev–Trinajstić information content (AvgIpc) is 2.34. The van der Waals surface area contributed by atoms with Gasteiger partial charge in [0.25, 0.3) is 0 Å². The number of carbonyl (C=O) groups excluding carboxylic acids is 1. The summed E-state index contributed by atoms with van der Waals surface area (Å²) in [7, 11) is 1.58. The lowest BCUT2D eigenvalue weighted by Gasteiger charge is -2.04. The summed E-state index contributed by atoms with van der Waals surface area (Å²) >= 11 is 0. The first-order valence-corrected chi connectivity index (χ1v) is 4.93. The molecule has 5 nitrogen and oxygen atoms in total. The van der Waals surface area contributed by atoms with Gasteiger partial charge in [0.1, 0.15) is 5.75 Å². The first kappa shape index (κ1) is 12.8. The number of carbonyl (C=O) groups is 2. The van der Waals surface area contributed by atoms with Crippen molar-refractivity contribution in [3.05, 3.63) is 42.0 Å². The average molecular weight is 235 g/mol. The number of aliphatic carboxylic acids is 1. The molecule has 5 heteroatoms. The number of ether oxygens (including phenoxy) is 1. The van der Waals surface area contributed by atoms with E-state index in [1.165, 1.54) is 0 Å². The Morgan fingerprint density at radius 1 is 1.29 bits per heavy atom. The van der Waals surface area contributed by atoms with Gasteiger partial charge in [-0.05, 0) is 17.7 Å². The Kier molecular flexibility index (Phi) is 4.75. The van der Waals surface area contributed by atoms with Crippen LogP contribution in [0.15, 0.2) is 36.4 Å². The van der Waals surface area contributed by atoms with E-state index < -0.39 is 11.9 Å². The molecule has 0 aliphatic heterocycles. The first-order valence-electron chi connectivity index (χ1n) is 4.93. The SMILES string of the molecule is COc1ccc(CNC(=O)C=CC(=O)O)cc1. The topological polar surface area (TPSA) is 75.6 Å². The molecule has 17 heavy (non-hydrogen) atoms. The third-order valence-electron chi connectivity index (χ3n) is 2.00. The molecule has 0 radical (unpaired) electrons. The summed E-state index contributed by atoms with van der Waals surface area (Å²) in [6.07, 6.45) is 1.77. The maximum Gasteiger partial charge on any atom is 0.328 e. The van der Waals surface area contributed by atoms with Gasteiger partial charge in [-0.3, -0.25) is 4.79 Å². The van der Waals surface area contributed by atoms with Gasteiger partial charge in [-0.15, -0.1) is 0 Å². The standard InChI is InChI=1S/C12H13NO4/c1-17-10-4-2-9(3-5-10)8-13-11(14)6-7-12(15)16/h2-7H,8H2,1H3,(H,13,14)(H,15,16). The van der Waals surface area contributed by atoms with Crippen LogP contribution in [0.1, 0.15) is 5.56 Å². The Balaban J connectivity index is 2.44. The summed E-state index contributed by atoms with van der Waals surface area (Å²) in [5.74, 6) is -0.848. The zero-order valence-corrected chi connectivity index (χ0v) is 9.34. The van der Waals surface area contributed by atoms with Gasteiger partial charge in [0.2, 0.25) is 5.91 Å². The molecule has 1 aromatic rings. The molecular weight excluding hydrogens is 222 g/mol. The van der Waals surface area contributed by atoms with Crippen molar-refractivity contribution < 1.29 is 19.4 Å². The highest BCUT2D eigenvalue weighted by molar-refractivity contribution is 5.93. The molecule has 1 rings (SSSR count). The van der Waals surface area contributed by atoms with Crippen LogP contribution in [0.3, 0.4) is 0 Å². The van der Waals surface area contributed by atoms with Gasteiger partial charge in [-0.1, -0.05) is 12.1 Å². The van der Waals surface area contributed by atoms with Crippen molar-refractivity contribution in [3.8, 4) is 5.75 Å². The lowest BCUT2D eigenvalue weighted by Crippen LogP contribution is -2.20. The summed E-state index contributed by atoms with van der Waals surface area (Å²) < 4.78 is 5.00. The van der Waals surface area contributed by atoms with E-state index in [0.29, 0.717) is 6.54 Å². The Bertz CT molecular complexity index is 423. The monoisotopic (exact) mass is 235 g/mol. The van der Waals surface area contributed by atoms with Crippen LogP contribution in [-0.2, 0) is 16.1 Å². The normalized spacial score (nSPS) is 10.2. The largest absolute Gasteiger partial charge is 0.497 e. The molecule has 1 aromatic carbocycles. The number of hydrogen-bond acceptors (Lipinski definition) is 3. The molecule has 0 spiro atoms. The van der Waals surface area contributed by atoms with E-state index in [0.717, 1.165) is 23.5 Å². The highest BCUT2D eigenvalue weighted by atomic mass is 16.5. The smallest absolute Gasteiger partial charge is 0.328 e. The fourth-order valence-electron chi connectivity index (χ4n) is 1.14. The number of amides is 1. The summed E-state index contributed by atoms with van der Waals surface area (Å²) in [6, 6.07) is 7.21. The van der Waals surface area contributed by atoms with Gasteiger partial charge in [0.05, 0.1) is 7.11 Å². The summed E-state index contributed by atoms with van der Waals surface area (Å²) in [6.45, 7) is 0.340. The molecule has 90 valence electrons. The number of benzene rings is 1. The minimum atomic E-state index is -1.15. The number of hydrogen-bond donors (Lipinski definition) is 2. The molecule has 0 atom stereocenters. The molecule has 1 amide bonds. The summed E-state index contributed by atoms with van der Waals surface area (Å²) in [5.41, 5.74) is 0.905. The zero-order valence-electron chi connectivity index (χ0n) is 9.34. The Labute approximate surface area is 98.7 Å².